The Labute approximate surface area is 236 Å². The molecule has 3 N–H and O–H groups in total. The van der Waals surface area contributed by atoms with Gasteiger partial charge in [-0.2, -0.15) is 0 Å². The number of piperazine rings is 1. The maximum absolute atomic E-state index is 13.3. The Hall–Kier alpha value is -3.07. The van der Waals surface area contributed by atoms with Crippen LogP contribution in [0.4, 0.5) is 30.5 Å². The summed E-state index contributed by atoms with van der Waals surface area (Å²) in [5, 5.41) is 2.97. The fourth-order valence-electron chi connectivity index (χ4n) is 5.31. The molecule has 4 heterocycles. The number of carbonyl (C=O) groups excluding carboxylic acids is 1. The van der Waals surface area contributed by atoms with Crippen molar-refractivity contribution in [2.75, 3.05) is 55.9 Å². The zero-order valence-corrected chi connectivity index (χ0v) is 23.2. The normalized spacial score (nSPS) is 17.6. The number of aromatic nitrogens is 2. The molecule has 2 aliphatic heterocycles. The van der Waals surface area contributed by atoms with E-state index >= 15 is 0 Å². The number of halogens is 3. The molecule has 0 radical (unpaired) electrons. The Bertz CT molecular complexity index is 1440. The van der Waals surface area contributed by atoms with Gasteiger partial charge in [-0.05, 0) is 48.4 Å². The molecule has 0 spiro atoms. The van der Waals surface area contributed by atoms with E-state index in [4.69, 9.17) is 15.5 Å². The van der Waals surface area contributed by atoms with Gasteiger partial charge in [-0.15, -0.1) is 36.3 Å². The molecule has 2 aromatic heterocycles. The lowest BCUT2D eigenvalue weighted by Gasteiger charge is -2.43. The van der Waals surface area contributed by atoms with Crippen molar-refractivity contribution in [3.8, 4) is 17.0 Å². The van der Waals surface area contributed by atoms with E-state index in [1.54, 1.807) is 18.3 Å². The quantitative estimate of drug-likeness (QED) is 0.389. The number of nitrogens with two attached hydrogens (primary N) is 1. The number of thioether (sulfide) groups is 1. The third-order valence-electron chi connectivity index (χ3n) is 7.38. The van der Waals surface area contributed by atoms with Gasteiger partial charge in [0.1, 0.15) is 0 Å². The first-order chi connectivity index (χ1) is 19.2. The summed E-state index contributed by atoms with van der Waals surface area (Å²) in [7, 11) is 0. The van der Waals surface area contributed by atoms with E-state index in [1.165, 1.54) is 29.2 Å². The molecule has 1 amide bonds. The third kappa shape index (κ3) is 5.32. The van der Waals surface area contributed by atoms with Crippen LogP contribution in [0.15, 0.2) is 28.6 Å². The van der Waals surface area contributed by atoms with E-state index in [2.05, 4.69) is 24.8 Å². The smallest absolute Gasteiger partial charge is 0.404 e. The number of nitrogens with one attached hydrogen (secondary N) is 1. The highest BCUT2D eigenvalue weighted by atomic mass is 32.2. The van der Waals surface area contributed by atoms with E-state index in [0.29, 0.717) is 29.5 Å². The van der Waals surface area contributed by atoms with Crippen molar-refractivity contribution in [1.29, 1.82) is 0 Å². The summed E-state index contributed by atoms with van der Waals surface area (Å²) in [6.07, 6.45) is -0.00564. The van der Waals surface area contributed by atoms with Crippen LogP contribution in [0.3, 0.4) is 0 Å². The number of fused-ring (bicyclic) bond motifs is 3. The SMILES string of the molecule is CSc1sc(C(N)=O)c2c1-c1nc(Nc3cc(N4CCN(C5COC5)CC4)ccc3OC(F)(F)F)ncc1CC2. The monoisotopic (exact) mass is 592 g/mol. The summed E-state index contributed by atoms with van der Waals surface area (Å²) in [5.41, 5.74) is 9.76. The molecule has 9 nitrogen and oxygen atoms in total. The number of rotatable bonds is 7. The molecule has 0 unspecified atom stereocenters. The minimum atomic E-state index is -4.87. The molecule has 40 heavy (non-hydrogen) atoms. The third-order valence-corrected chi connectivity index (χ3v) is 9.75. The first-order valence-electron chi connectivity index (χ1n) is 12.8. The highest BCUT2D eigenvalue weighted by Crippen LogP contribution is 2.46. The van der Waals surface area contributed by atoms with Crippen molar-refractivity contribution < 1.29 is 27.4 Å². The van der Waals surface area contributed by atoms with Crippen molar-refractivity contribution in [3.05, 3.63) is 40.4 Å². The van der Waals surface area contributed by atoms with Crippen LogP contribution >= 0.6 is 23.1 Å². The Kier molecular flexibility index (Phi) is 7.27. The number of alkyl halides is 3. The number of primary amides is 1. The molecule has 0 bridgehead atoms. The number of nitrogens with zero attached hydrogens (tertiary/aromatic N) is 4. The number of anilines is 3. The largest absolute Gasteiger partial charge is 0.573 e. The molecule has 14 heteroatoms. The van der Waals surface area contributed by atoms with Gasteiger partial charge in [0.15, 0.2) is 5.75 Å². The molecule has 6 rings (SSSR count). The molecule has 0 atom stereocenters. The molecule has 0 saturated carbocycles. The van der Waals surface area contributed by atoms with Crippen LogP contribution in [0.1, 0.15) is 20.8 Å². The Morgan fingerprint density at radius 3 is 2.65 bits per heavy atom. The van der Waals surface area contributed by atoms with Crippen LogP contribution in [0.5, 0.6) is 5.75 Å². The van der Waals surface area contributed by atoms with Gasteiger partial charge < -0.3 is 25.4 Å². The van der Waals surface area contributed by atoms with Gasteiger partial charge in [-0.25, -0.2) is 9.97 Å². The van der Waals surface area contributed by atoms with E-state index in [-0.39, 0.29) is 17.4 Å². The summed E-state index contributed by atoms with van der Waals surface area (Å²) in [6.45, 7) is 4.66. The first-order valence-corrected chi connectivity index (χ1v) is 14.8. The summed E-state index contributed by atoms with van der Waals surface area (Å²) >= 11 is 2.83. The predicted molar refractivity (Wildman–Crippen MR) is 148 cm³/mol. The van der Waals surface area contributed by atoms with Crippen LogP contribution < -0.4 is 20.7 Å². The number of hydrogen-bond donors (Lipinski definition) is 2. The average molecular weight is 593 g/mol. The van der Waals surface area contributed by atoms with E-state index in [1.807, 2.05) is 6.26 Å². The lowest BCUT2D eigenvalue weighted by molar-refractivity contribution is -0.274. The minimum Gasteiger partial charge on any atom is -0.404 e. The van der Waals surface area contributed by atoms with Crippen LogP contribution in [0.2, 0.25) is 0 Å². The number of thiophene rings is 1. The zero-order valence-electron chi connectivity index (χ0n) is 21.6. The van der Waals surface area contributed by atoms with Gasteiger partial charge >= 0.3 is 6.36 Å². The van der Waals surface area contributed by atoms with E-state index in [9.17, 15) is 18.0 Å². The number of carbonyl (C=O) groups is 1. The van der Waals surface area contributed by atoms with Crippen molar-refractivity contribution in [3.63, 3.8) is 0 Å². The van der Waals surface area contributed by atoms with Crippen molar-refractivity contribution in [1.82, 2.24) is 14.9 Å². The first kappa shape index (κ1) is 27.1. The highest BCUT2D eigenvalue weighted by molar-refractivity contribution is 8.00. The maximum atomic E-state index is 13.3. The molecule has 2 fully saturated rings. The number of benzene rings is 1. The standard InChI is InChI=1S/C26H27F3N6O3S2/c1-39-24-20-17(22(40-24)23(30)36)4-2-14-11-31-25(33-21(14)20)32-18-10-15(3-5-19(18)38-26(27,28)29)34-6-8-35(9-7-34)16-12-37-13-16/h3,5,10-11,16H,2,4,6-9,12-13H2,1H3,(H2,30,36)(H,31,32,33). The van der Waals surface area contributed by atoms with Gasteiger partial charge in [0.25, 0.3) is 5.91 Å². The van der Waals surface area contributed by atoms with Gasteiger partial charge in [0.2, 0.25) is 5.95 Å². The second-order valence-corrected chi connectivity index (χ2v) is 11.9. The summed E-state index contributed by atoms with van der Waals surface area (Å²) in [6, 6.07) is 5.03. The lowest BCUT2D eigenvalue weighted by Crippen LogP contribution is -2.56. The van der Waals surface area contributed by atoms with Crippen molar-refractivity contribution in [2.24, 2.45) is 5.73 Å². The molecule has 1 aliphatic carbocycles. The molecular weight excluding hydrogens is 565 g/mol. The topological polar surface area (TPSA) is 106 Å². The molecule has 3 aliphatic rings. The predicted octanol–water partition coefficient (Wildman–Crippen LogP) is 4.29. The fraction of sp³-hybridized carbons (Fsp3) is 0.423. The number of aryl methyl sites for hydroxylation is 1. The number of ether oxygens (including phenoxy) is 2. The Morgan fingerprint density at radius 2 is 2.00 bits per heavy atom. The molecule has 2 saturated heterocycles. The van der Waals surface area contributed by atoms with Gasteiger partial charge in [-0.1, -0.05) is 0 Å². The van der Waals surface area contributed by atoms with Crippen LogP contribution in [-0.4, -0.2) is 78.8 Å². The molecule has 212 valence electrons. The van der Waals surface area contributed by atoms with Gasteiger partial charge in [0, 0.05) is 43.6 Å². The molecule has 1 aromatic carbocycles. The number of hydrogen-bond acceptors (Lipinski definition) is 10. The van der Waals surface area contributed by atoms with Gasteiger partial charge in [-0.3, -0.25) is 9.69 Å². The lowest BCUT2D eigenvalue weighted by atomic mass is 9.91. The summed E-state index contributed by atoms with van der Waals surface area (Å²) < 4.78 is 50.4. The van der Waals surface area contributed by atoms with E-state index in [0.717, 1.165) is 66.0 Å². The maximum Gasteiger partial charge on any atom is 0.573 e. The summed E-state index contributed by atoms with van der Waals surface area (Å²) in [5.74, 6) is -0.727. The zero-order chi connectivity index (χ0) is 28.0. The van der Waals surface area contributed by atoms with Crippen LogP contribution in [0, 0.1) is 0 Å². The van der Waals surface area contributed by atoms with Crippen molar-refractivity contribution >= 4 is 46.3 Å². The second kappa shape index (κ2) is 10.7. The summed E-state index contributed by atoms with van der Waals surface area (Å²) in [4.78, 5) is 26.2. The number of amides is 1. The Morgan fingerprint density at radius 1 is 1.23 bits per heavy atom. The fourth-order valence-corrected chi connectivity index (χ4v) is 7.26. The molecular formula is C26H27F3N6O3S2. The van der Waals surface area contributed by atoms with Crippen molar-refractivity contribution in [2.45, 2.75) is 29.5 Å². The average Bonchev–Trinajstić information content (AvgIpc) is 3.28. The highest BCUT2D eigenvalue weighted by Gasteiger charge is 2.34. The second-order valence-electron chi connectivity index (χ2n) is 9.78. The van der Waals surface area contributed by atoms with E-state index < -0.39 is 12.3 Å². The minimum absolute atomic E-state index is 0.105. The van der Waals surface area contributed by atoms with Crippen LogP contribution in [-0.2, 0) is 17.6 Å². The van der Waals surface area contributed by atoms with Gasteiger partial charge in [0.05, 0.1) is 39.7 Å². The Balaban J connectivity index is 1.31. The molecule has 3 aromatic rings. The van der Waals surface area contributed by atoms with Crippen LogP contribution in [0.25, 0.3) is 11.3 Å².